The van der Waals surface area contributed by atoms with Crippen LogP contribution in [0.2, 0.25) is 0 Å². The third-order valence-electron chi connectivity index (χ3n) is 14.6. The maximum Gasteiger partial charge on any atom is 0.337 e. The van der Waals surface area contributed by atoms with E-state index in [1.807, 2.05) is 32.0 Å². The zero-order valence-electron chi connectivity index (χ0n) is 44.9. The molecule has 6 aromatic rings. The van der Waals surface area contributed by atoms with E-state index in [2.05, 4.69) is 31.2 Å². The number of carboxylic acid groups (broad SMARTS) is 1. The highest BCUT2D eigenvalue weighted by molar-refractivity contribution is 5.98. The summed E-state index contributed by atoms with van der Waals surface area (Å²) in [6.45, 7) is 0.788. The molecule has 2 aliphatic rings. The summed E-state index contributed by atoms with van der Waals surface area (Å²) in [5, 5.41) is 106. The molecule has 5 heterocycles. The Labute approximate surface area is 468 Å². The van der Waals surface area contributed by atoms with Crippen LogP contribution < -0.4 is 42.0 Å². The normalized spacial score (nSPS) is 22.4. The number of guanidine groups is 1. The molecule has 0 saturated carbocycles. The lowest BCUT2D eigenvalue weighted by Gasteiger charge is -2.59. The topological polar surface area (TPSA) is 404 Å². The summed E-state index contributed by atoms with van der Waals surface area (Å²) < 4.78 is 26.2. The van der Waals surface area contributed by atoms with E-state index in [1.165, 1.54) is 59.7 Å². The number of phenolic OH excluding ortho intramolecular Hbond substituents is 1. The van der Waals surface area contributed by atoms with Crippen molar-refractivity contribution in [1.82, 2.24) is 31.0 Å². The summed E-state index contributed by atoms with van der Waals surface area (Å²) in [5.74, 6) is -4.67. The highest BCUT2D eigenvalue weighted by Crippen LogP contribution is 2.47. The zero-order chi connectivity index (χ0) is 58.9. The van der Waals surface area contributed by atoms with Gasteiger partial charge in [0.25, 0.3) is 0 Å². The molecule has 0 spiro atoms. The van der Waals surface area contributed by atoms with E-state index in [-0.39, 0.29) is 53.5 Å². The van der Waals surface area contributed by atoms with Gasteiger partial charge in [-0.15, -0.1) is 0 Å². The number of nitrogens with two attached hydrogens (primary N) is 1. The number of carbonyl (C=O) groups is 4. The number of ether oxygens (including phenoxy) is 3. The number of phenols is 1. The van der Waals surface area contributed by atoms with Crippen LogP contribution >= 0.6 is 0 Å². The molecule has 3 aromatic heterocycles. The van der Waals surface area contributed by atoms with Crippen molar-refractivity contribution in [3.63, 3.8) is 0 Å². The van der Waals surface area contributed by atoms with Gasteiger partial charge >= 0.3 is 11.9 Å². The van der Waals surface area contributed by atoms with Crippen LogP contribution in [0.25, 0.3) is 44.3 Å². The molecule has 9 unspecified atom stereocenters. The molecule has 9 atom stereocenters. The number of carboxylic acids is 1. The van der Waals surface area contributed by atoms with Crippen molar-refractivity contribution < 1.29 is 83.5 Å². The second kappa shape index (κ2) is 26.0. The molecule has 0 radical (unpaired) electrons. The van der Waals surface area contributed by atoms with Crippen LogP contribution in [0.5, 0.6) is 11.5 Å². The number of aliphatic hydroxyl groups excluding tert-OH is 4. The molecule has 2 aliphatic heterocycles. The van der Waals surface area contributed by atoms with Gasteiger partial charge in [0.2, 0.25) is 24.2 Å². The smallest absolute Gasteiger partial charge is 0.337 e. The molecule has 26 heteroatoms. The van der Waals surface area contributed by atoms with E-state index in [0.29, 0.717) is 66.2 Å². The molecule has 0 bridgehead atoms. The highest BCUT2D eigenvalue weighted by atomic mass is 16.8. The second-order valence-electron chi connectivity index (χ2n) is 20.4. The van der Waals surface area contributed by atoms with Crippen molar-refractivity contribution in [2.24, 2.45) is 10.7 Å². The zero-order valence-corrected chi connectivity index (χ0v) is 44.9. The number of rotatable bonds is 26. The third-order valence-corrected chi connectivity index (χ3v) is 14.6. The van der Waals surface area contributed by atoms with Crippen LogP contribution in [-0.2, 0) is 28.7 Å². The summed E-state index contributed by atoms with van der Waals surface area (Å²) in [6, 6.07) is 13.4. The Balaban J connectivity index is 1.33. The number of aromatic nitrogens is 2. The van der Waals surface area contributed by atoms with Gasteiger partial charge in [-0.2, -0.15) is 4.73 Å². The Morgan fingerprint density at radius 1 is 1.01 bits per heavy atom. The standard InChI is InChI=1S/C56H68N8O18/c1-31-21-32(2)23-35(22-31)46-44-34(12-18-60-44)26-64(46)82-48-51(79-39-10-11-40-42(24-39)78-28-41(47(40)72)33-6-8-38(70)9-7-33)80-52(54(76,29-68)56(48,77)43(71)5-3-19-65)55(30-69,81-50(75)45(49(73)74)59-15-4-20-66)63-53(57)62-37(27-67)25-61-36-13-16-58-17-14-36/h6-12,18,20-24,26-28,36-37,43,45,48,51-52,58-61,65,68-71,76-77H,3-5,13-17,19,25,29-30H2,1-2H3,(H,73,74)(H3,57,62,63). The summed E-state index contributed by atoms with van der Waals surface area (Å²) in [7, 11) is 0. The van der Waals surface area contributed by atoms with Crippen LogP contribution in [0.1, 0.15) is 43.2 Å². The SMILES string of the molecule is Cc1cc(C)cc(-c2c3[nH]ccc3cn2OC2C(Oc3ccc4c(=O)c(-c5ccc(O)cc5)coc4c3)OC(C(CO)(NC(N)=NC(C=O)CNC3CCNCC3)OC(=O)C(NCCC=O)C(=O)O)C(O)(CO)C2(O)C(O)CCCO)c1. The number of nitrogens with one attached hydrogen (secondary N) is 5. The number of benzene rings is 3. The van der Waals surface area contributed by atoms with Gasteiger partial charge in [0.05, 0.1) is 35.4 Å². The monoisotopic (exact) mass is 1140 g/mol. The first-order chi connectivity index (χ1) is 39.3. The first-order valence-electron chi connectivity index (χ1n) is 26.5. The first-order valence-corrected chi connectivity index (χ1v) is 26.5. The van der Waals surface area contributed by atoms with Crippen LogP contribution in [0.15, 0.2) is 99.6 Å². The molecule has 3 aromatic carbocycles. The lowest BCUT2D eigenvalue weighted by molar-refractivity contribution is -0.400. The van der Waals surface area contributed by atoms with Crippen LogP contribution in [0.3, 0.4) is 0 Å². The largest absolute Gasteiger partial charge is 0.508 e. The fourth-order valence-corrected chi connectivity index (χ4v) is 10.6. The quantitative estimate of drug-likeness (QED) is 0.00625. The Hall–Kier alpha value is -7.76. The van der Waals surface area contributed by atoms with Crippen molar-refractivity contribution in [3.8, 4) is 33.9 Å². The van der Waals surface area contributed by atoms with E-state index in [4.69, 9.17) is 29.2 Å². The summed E-state index contributed by atoms with van der Waals surface area (Å²) in [5.41, 5.74) is -0.598. The van der Waals surface area contributed by atoms with Gasteiger partial charge in [0.1, 0.15) is 54.3 Å². The maximum absolute atomic E-state index is 14.4. The predicted octanol–water partition coefficient (Wildman–Crippen LogP) is -0.402. The first kappa shape index (κ1) is 60.3. The number of esters is 1. The second-order valence-corrected chi connectivity index (χ2v) is 20.4. The van der Waals surface area contributed by atoms with Crippen molar-refractivity contribution >= 4 is 52.3 Å². The number of aryl methyl sites for hydroxylation is 2. The number of aromatic amines is 1. The average Bonchev–Trinajstić information content (AvgIpc) is 0.976. The molecular formula is C56H68N8O18. The minimum absolute atomic E-state index is 0.0265. The fraction of sp³-hybridized carbons (Fsp3) is 0.429. The molecule has 440 valence electrons. The van der Waals surface area contributed by atoms with E-state index < -0.39 is 110 Å². The number of nitrogens with zero attached hydrogens (tertiary/aromatic N) is 2. The summed E-state index contributed by atoms with van der Waals surface area (Å²) in [6.07, 6.45) is -4.06. The van der Waals surface area contributed by atoms with E-state index in [9.17, 15) is 64.8 Å². The van der Waals surface area contributed by atoms with Gasteiger partial charge in [-0.1, -0.05) is 29.3 Å². The maximum atomic E-state index is 14.4. The average molecular weight is 1140 g/mol. The number of hydrogen-bond acceptors (Lipinski definition) is 21. The summed E-state index contributed by atoms with van der Waals surface area (Å²) >= 11 is 0. The number of aldehydes is 2. The number of aliphatic carboxylic acids is 1. The van der Waals surface area contributed by atoms with Gasteiger partial charge in [0, 0.05) is 55.4 Å². The molecule has 2 saturated heterocycles. The number of fused-ring (bicyclic) bond motifs is 2. The van der Waals surface area contributed by atoms with Crippen LogP contribution in [0.4, 0.5) is 0 Å². The lowest BCUT2D eigenvalue weighted by Crippen LogP contribution is -2.86. The Morgan fingerprint density at radius 3 is 2.40 bits per heavy atom. The van der Waals surface area contributed by atoms with Crippen LogP contribution in [-0.4, -0.2) is 187 Å². The van der Waals surface area contributed by atoms with Crippen molar-refractivity contribution in [3.05, 3.63) is 107 Å². The van der Waals surface area contributed by atoms with Gasteiger partial charge in [0.15, 0.2) is 28.7 Å². The highest BCUT2D eigenvalue weighted by Gasteiger charge is 2.75. The van der Waals surface area contributed by atoms with Crippen molar-refractivity contribution in [1.29, 1.82) is 0 Å². The lowest BCUT2D eigenvalue weighted by atomic mass is 9.66. The minimum Gasteiger partial charge on any atom is -0.508 e. The Morgan fingerprint density at radius 2 is 1.74 bits per heavy atom. The van der Waals surface area contributed by atoms with Crippen molar-refractivity contribution in [2.45, 2.75) is 106 Å². The molecular weight excluding hydrogens is 1070 g/mol. The molecule has 15 N–H and O–H groups in total. The Bertz CT molecular complexity index is 3290. The van der Waals surface area contributed by atoms with Crippen molar-refractivity contribution in [2.75, 3.05) is 46.0 Å². The number of aliphatic hydroxyl groups is 6. The van der Waals surface area contributed by atoms with Gasteiger partial charge < -0.3 is 101 Å². The summed E-state index contributed by atoms with van der Waals surface area (Å²) in [4.78, 5) is 79.2. The number of aromatic hydroxyl groups is 1. The van der Waals surface area contributed by atoms with Gasteiger partial charge in [-0.3, -0.25) is 10.1 Å². The third kappa shape index (κ3) is 12.5. The molecule has 26 nitrogen and oxygen atoms in total. The van der Waals surface area contributed by atoms with E-state index in [0.717, 1.165) is 11.1 Å². The number of hydrogen-bond donors (Lipinski definition) is 14. The predicted molar refractivity (Wildman–Crippen MR) is 294 cm³/mol. The molecule has 0 amide bonds. The molecule has 8 rings (SSSR count). The fourth-order valence-electron chi connectivity index (χ4n) is 10.6. The van der Waals surface area contributed by atoms with Gasteiger partial charge in [-0.05, 0) is 101 Å². The Kier molecular flexibility index (Phi) is 19.1. The van der Waals surface area contributed by atoms with Crippen LogP contribution in [0, 0.1) is 13.8 Å². The minimum atomic E-state index is -3.51. The number of piperidine rings is 1. The van der Waals surface area contributed by atoms with E-state index in [1.54, 1.807) is 12.3 Å². The molecule has 0 aliphatic carbocycles. The molecule has 2 fully saturated rings. The molecule has 82 heavy (non-hydrogen) atoms. The van der Waals surface area contributed by atoms with E-state index >= 15 is 0 Å². The number of aliphatic imine (C=N–C) groups is 1. The number of carbonyl (C=O) groups excluding carboxylic acids is 3. The number of H-pyrrole nitrogens is 1. The van der Waals surface area contributed by atoms with Gasteiger partial charge in [-0.25, -0.2) is 14.6 Å².